The molecule has 0 saturated carbocycles. The van der Waals surface area contributed by atoms with Crippen molar-refractivity contribution in [2.24, 2.45) is 9.98 Å². The zero-order valence-corrected chi connectivity index (χ0v) is 25.2. The third kappa shape index (κ3) is 6.35. The second-order valence-corrected chi connectivity index (χ2v) is 10.8. The van der Waals surface area contributed by atoms with Crippen LogP contribution < -0.4 is 0 Å². The smallest absolute Gasteiger partial charge is 0.0966 e. The van der Waals surface area contributed by atoms with Crippen molar-refractivity contribution in [2.75, 3.05) is 0 Å². The summed E-state index contributed by atoms with van der Waals surface area (Å²) in [6.07, 6.45) is 0. The Morgan fingerprint density at radius 1 is 0.326 bits per heavy atom. The lowest BCUT2D eigenvalue weighted by Gasteiger charge is -2.13. The number of hydrogen-bond donors (Lipinski definition) is 0. The highest BCUT2D eigenvalue weighted by molar-refractivity contribution is 6.16. The lowest BCUT2D eigenvalue weighted by molar-refractivity contribution is 1.24. The van der Waals surface area contributed by atoms with Crippen LogP contribution in [0, 0.1) is 0 Å². The van der Waals surface area contributed by atoms with Gasteiger partial charge in [0.1, 0.15) is 0 Å². The number of aliphatic imine (C=N–C) groups is 2. The minimum atomic E-state index is 0.770. The Morgan fingerprint density at radius 3 is 1.09 bits per heavy atom. The maximum Gasteiger partial charge on any atom is 0.0966 e. The van der Waals surface area contributed by atoms with Crippen LogP contribution in [0.3, 0.4) is 0 Å². The summed E-state index contributed by atoms with van der Waals surface area (Å²) in [4.78, 5) is 15.9. The third-order valence-electron chi connectivity index (χ3n) is 7.77. The molecule has 0 spiro atoms. The molecule has 218 valence electrons. The Kier molecular flexibility index (Phi) is 8.46. The van der Waals surface area contributed by atoms with Crippen LogP contribution in [0.25, 0.3) is 22.3 Å². The Labute approximate surface area is 270 Å². The molecule has 0 aliphatic rings. The Hall–Kier alpha value is -6.19. The highest BCUT2D eigenvalue weighted by Crippen LogP contribution is 2.33. The quantitative estimate of drug-likeness (QED) is 0.163. The van der Waals surface area contributed by atoms with E-state index >= 15 is 0 Å². The maximum absolute atomic E-state index is 5.30. The molecule has 7 rings (SSSR count). The van der Waals surface area contributed by atoms with E-state index in [1.54, 1.807) is 0 Å². The van der Waals surface area contributed by atoms with Gasteiger partial charge in [-0.3, -0.25) is 0 Å². The number of aromatic nitrogens is 1. The third-order valence-corrected chi connectivity index (χ3v) is 7.77. The normalized spacial score (nSPS) is 11.7. The molecule has 0 saturated heterocycles. The van der Waals surface area contributed by atoms with Crippen LogP contribution in [0.4, 0.5) is 11.4 Å². The molecule has 3 nitrogen and oxygen atoms in total. The second-order valence-electron chi connectivity index (χ2n) is 10.8. The Balaban J connectivity index is 1.40. The van der Waals surface area contributed by atoms with Crippen molar-refractivity contribution < 1.29 is 0 Å². The van der Waals surface area contributed by atoms with Gasteiger partial charge in [0, 0.05) is 22.3 Å². The van der Waals surface area contributed by atoms with Gasteiger partial charge in [0.05, 0.1) is 34.2 Å². The molecule has 1 aromatic heterocycles. The van der Waals surface area contributed by atoms with Crippen LogP contribution in [-0.2, 0) is 0 Å². The van der Waals surface area contributed by atoms with E-state index in [4.69, 9.17) is 15.0 Å². The molecule has 3 heteroatoms. The Bertz CT molecular complexity index is 1970. The van der Waals surface area contributed by atoms with E-state index in [1.807, 2.05) is 78.9 Å². The van der Waals surface area contributed by atoms with Gasteiger partial charge in [0.2, 0.25) is 0 Å². The van der Waals surface area contributed by atoms with Crippen molar-refractivity contribution in [1.82, 2.24) is 4.98 Å². The molecule has 0 N–H and O–H groups in total. The predicted octanol–water partition coefficient (Wildman–Crippen LogP) is 10.8. The topological polar surface area (TPSA) is 37.6 Å². The van der Waals surface area contributed by atoms with E-state index in [1.165, 1.54) is 0 Å². The molecule has 0 aliphatic heterocycles. The van der Waals surface area contributed by atoms with Crippen LogP contribution in [-0.4, -0.2) is 16.4 Å². The molecule has 0 aliphatic carbocycles. The number of hydrogen-bond acceptors (Lipinski definition) is 3. The number of para-hydroxylation sites is 2. The summed E-state index contributed by atoms with van der Waals surface area (Å²) in [5.41, 5.74) is 11.2. The predicted molar refractivity (Wildman–Crippen MR) is 191 cm³/mol. The van der Waals surface area contributed by atoms with Gasteiger partial charge in [0.25, 0.3) is 0 Å². The lowest BCUT2D eigenvalue weighted by atomic mass is 10.0. The van der Waals surface area contributed by atoms with Crippen LogP contribution >= 0.6 is 0 Å². The molecule has 0 unspecified atom stereocenters. The molecular weight excluding hydrogens is 558 g/mol. The summed E-state index contributed by atoms with van der Waals surface area (Å²) >= 11 is 0. The highest BCUT2D eigenvalue weighted by atomic mass is 14.8. The second kappa shape index (κ2) is 13.6. The van der Waals surface area contributed by atoms with Gasteiger partial charge in [-0.05, 0) is 35.4 Å². The van der Waals surface area contributed by atoms with E-state index in [2.05, 4.69) is 109 Å². The van der Waals surface area contributed by atoms with E-state index < -0.39 is 0 Å². The first-order valence-electron chi connectivity index (χ1n) is 15.4. The lowest BCUT2D eigenvalue weighted by Crippen LogP contribution is -2.11. The van der Waals surface area contributed by atoms with Crippen molar-refractivity contribution in [3.8, 4) is 22.3 Å². The molecule has 7 aromatic rings. The fourth-order valence-corrected chi connectivity index (χ4v) is 5.54. The average Bonchev–Trinajstić information content (AvgIpc) is 3.14. The molecule has 0 fully saturated rings. The minimum absolute atomic E-state index is 0.770. The first kappa shape index (κ1) is 28.6. The number of benzene rings is 6. The first-order valence-corrected chi connectivity index (χ1v) is 15.4. The van der Waals surface area contributed by atoms with Crippen LogP contribution in [0.15, 0.2) is 198 Å². The van der Waals surface area contributed by atoms with E-state index in [0.29, 0.717) is 0 Å². The molecule has 0 bridgehead atoms. The molecule has 1 heterocycles. The molecule has 0 radical (unpaired) electrons. The summed E-state index contributed by atoms with van der Waals surface area (Å²) in [5, 5.41) is 0. The van der Waals surface area contributed by atoms with Gasteiger partial charge in [-0.2, -0.15) is 0 Å². The van der Waals surface area contributed by atoms with Crippen LogP contribution in [0.2, 0.25) is 0 Å². The van der Waals surface area contributed by atoms with E-state index in [-0.39, 0.29) is 0 Å². The van der Waals surface area contributed by atoms with Gasteiger partial charge >= 0.3 is 0 Å². The monoisotopic (exact) mass is 589 g/mol. The van der Waals surface area contributed by atoms with Crippen molar-refractivity contribution in [3.63, 3.8) is 0 Å². The molecule has 6 aromatic carbocycles. The van der Waals surface area contributed by atoms with Gasteiger partial charge in [-0.25, -0.2) is 15.0 Å². The molecule has 0 atom stereocenters. The summed E-state index contributed by atoms with van der Waals surface area (Å²) in [5.74, 6) is 0. The minimum Gasteiger partial charge on any atom is -0.245 e. The largest absolute Gasteiger partial charge is 0.245 e. The fraction of sp³-hybridized carbons (Fsp3) is 0. The Morgan fingerprint density at radius 2 is 0.674 bits per heavy atom. The van der Waals surface area contributed by atoms with Crippen molar-refractivity contribution >= 4 is 22.8 Å². The standard InChI is InChI=1S/C43H31N3/c1-5-18-32(19-6-1)36-26-13-15-28-38(36)45-42(34-22-9-3-10-23-34)40-30-17-31-41(44-40)43(35-24-11-4-12-25-35)46-39-29-16-14-27-37(39)33-20-7-2-8-21-33/h1-31H/b45-42+,46-43+. The van der Waals surface area contributed by atoms with Crippen molar-refractivity contribution in [1.29, 1.82) is 0 Å². The summed E-state index contributed by atoms with van der Waals surface area (Å²) in [7, 11) is 0. The average molecular weight is 590 g/mol. The maximum atomic E-state index is 5.30. The summed E-state index contributed by atoms with van der Waals surface area (Å²) < 4.78 is 0. The zero-order chi connectivity index (χ0) is 31.0. The van der Waals surface area contributed by atoms with Crippen LogP contribution in [0.5, 0.6) is 0 Å². The van der Waals surface area contributed by atoms with Crippen LogP contribution in [0.1, 0.15) is 22.5 Å². The summed E-state index contributed by atoms with van der Waals surface area (Å²) in [6.45, 7) is 0. The summed E-state index contributed by atoms with van der Waals surface area (Å²) in [6, 6.07) is 63.9. The first-order chi connectivity index (χ1) is 22.8. The van der Waals surface area contributed by atoms with E-state index in [9.17, 15) is 0 Å². The fourth-order valence-electron chi connectivity index (χ4n) is 5.54. The van der Waals surface area contributed by atoms with Crippen molar-refractivity contribution in [2.45, 2.75) is 0 Å². The number of pyridine rings is 1. The molecular formula is C43H31N3. The van der Waals surface area contributed by atoms with Gasteiger partial charge in [0.15, 0.2) is 0 Å². The van der Waals surface area contributed by atoms with Gasteiger partial charge in [-0.15, -0.1) is 0 Å². The molecule has 0 amide bonds. The van der Waals surface area contributed by atoms with Gasteiger partial charge in [-0.1, -0.05) is 164 Å². The van der Waals surface area contributed by atoms with Gasteiger partial charge < -0.3 is 0 Å². The number of rotatable bonds is 8. The molecule has 46 heavy (non-hydrogen) atoms. The number of nitrogens with zero attached hydrogens (tertiary/aromatic N) is 3. The highest BCUT2D eigenvalue weighted by Gasteiger charge is 2.16. The zero-order valence-electron chi connectivity index (χ0n) is 25.2. The van der Waals surface area contributed by atoms with E-state index in [0.717, 1.165) is 67.6 Å². The van der Waals surface area contributed by atoms with Crippen molar-refractivity contribution in [3.05, 3.63) is 211 Å². The SMILES string of the molecule is c1ccc(/C(=N\c2ccccc2-c2ccccc2)c2cccc(/C(=N/c3ccccc3-c3ccccc3)c3ccccc3)n2)cc1.